The normalized spacial score (nSPS) is 14.8. The van der Waals surface area contributed by atoms with Crippen molar-refractivity contribution in [3.05, 3.63) is 0 Å². The predicted molar refractivity (Wildman–Crippen MR) is 280 cm³/mol. The number of rotatable bonds is 47. The van der Waals surface area contributed by atoms with Gasteiger partial charge in [-0.2, -0.15) is 0 Å². The minimum atomic E-state index is -0.162. The van der Waals surface area contributed by atoms with Gasteiger partial charge in [0, 0.05) is 78.5 Å². The molecule has 400 valence electrons. The van der Waals surface area contributed by atoms with Gasteiger partial charge in [0.25, 0.3) is 0 Å². The Kier molecular flexibility index (Phi) is 41.8. The maximum absolute atomic E-state index is 13.5. The molecule has 3 atom stereocenters. The molecule has 1 fully saturated rings. The summed E-state index contributed by atoms with van der Waals surface area (Å²) >= 11 is 0. The molecule has 0 amide bonds. The van der Waals surface area contributed by atoms with Crippen molar-refractivity contribution in [1.29, 1.82) is 0 Å². The molecule has 1 aliphatic rings. The molecule has 0 aromatic carbocycles. The SMILES string of the molecule is CCCCCCC(CCCC)OC(=O)CCN(CCC(=O)OC(CCCC)CCCCCC)CCN(CCC(=O)OC(CCCC)CCCCCC)CCN1CCN(CCC(=O)OCCC)CC1. The van der Waals surface area contributed by atoms with Crippen LogP contribution in [0.25, 0.3) is 0 Å². The number of ether oxygens (including phenoxy) is 4. The third-order valence-corrected chi connectivity index (χ3v) is 13.6. The first kappa shape index (κ1) is 63.7. The summed E-state index contributed by atoms with van der Waals surface area (Å²) in [4.78, 5) is 62.1. The summed E-state index contributed by atoms with van der Waals surface area (Å²) in [5, 5.41) is 0. The Labute approximate surface area is 418 Å². The number of hydrogen-bond donors (Lipinski definition) is 0. The van der Waals surface area contributed by atoms with Gasteiger partial charge < -0.3 is 33.6 Å². The van der Waals surface area contributed by atoms with Crippen molar-refractivity contribution >= 4 is 23.9 Å². The fraction of sp³-hybridized carbons (Fsp3) is 0.929. The standard InChI is InChI=1S/C56H108N4O8/c1-8-15-21-24-30-50(27-18-11-4)66-54(62)34-38-57(39-35-55(63)67-51(28-19-12-5)31-25-22-16-9-2)41-42-59(40-36-56(64)68-52(29-20-13-6)32-26-23-17-10-3)45-48-60-46-43-58(44-47-60)37-33-53(61)65-49-14-7/h50-52H,8-49H2,1-7H3. The second-order valence-corrected chi connectivity index (χ2v) is 19.9. The Bertz CT molecular complexity index is 1180. The zero-order valence-corrected chi connectivity index (χ0v) is 45.5. The number of hydrogen-bond acceptors (Lipinski definition) is 12. The maximum Gasteiger partial charge on any atom is 0.307 e. The lowest BCUT2D eigenvalue weighted by Gasteiger charge is -2.36. The molecule has 1 aliphatic heterocycles. The molecule has 0 N–H and O–H groups in total. The fourth-order valence-electron chi connectivity index (χ4n) is 8.97. The summed E-state index contributed by atoms with van der Waals surface area (Å²) in [5.41, 5.74) is 0. The molecule has 1 heterocycles. The minimum Gasteiger partial charge on any atom is -0.466 e. The molecular weight excluding hydrogens is 857 g/mol. The van der Waals surface area contributed by atoms with Crippen LogP contribution in [0, 0.1) is 0 Å². The summed E-state index contributed by atoms with van der Waals surface area (Å²) < 4.78 is 23.7. The second kappa shape index (κ2) is 44.6. The zero-order chi connectivity index (χ0) is 49.9. The van der Waals surface area contributed by atoms with Crippen molar-refractivity contribution in [3.8, 4) is 0 Å². The lowest BCUT2D eigenvalue weighted by atomic mass is 10.0. The van der Waals surface area contributed by atoms with Crippen molar-refractivity contribution in [2.45, 2.75) is 253 Å². The van der Waals surface area contributed by atoms with E-state index in [4.69, 9.17) is 18.9 Å². The molecular formula is C56H108N4O8. The van der Waals surface area contributed by atoms with Gasteiger partial charge in [-0.3, -0.25) is 24.1 Å². The van der Waals surface area contributed by atoms with E-state index < -0.39 is 0 Å². The summed E-state index contributed by atoms with van der Waals surface area (Å²) in [5.74, 6) is -0.573. The Morgan fingerprint density at radius 2 is 0.706 bits per heavy atom. The number of unbranched alkanes of at least 4 members (excludes halogenated alkanes) is 12. The van der Waals surface area contributed by atoms with Gasteiger partial charge in [-0.15, -0.1) is 0 Å². The molecule has 3 unspecified atom stereocenters. The van der Waals surface area contributed by atoms with E-state index in [9.17, 15) is 19.2 Å². The van der Waals surface area contributed by atoms with E-state index in [1.807, 2.05) is 6.92 Å². The van der Waals surface area contributed by atoms with Crippen LogP contribution in [0.4, 0.5) is 0 Å². The van der Waals surface area contributed by atoms with E-state index in [0.29, 0.717) is 52.2 Å². The van der Waals surface area contributed by atoms with E-state index in [2.05, 4.69) is 61.1 Å². The van der Waals surface area contributed by atoms with Gasteiger partial charge in [-0.05, 0) is 64.2 Å². The Hall–Kier alpha value is -2.28. The van der Waals surface area contributed by atoms with E-state index in [1.54, 1.807) is 0 Å². The van der Waals surface area contributed by atoms with Gasteiger partial charge in [0.05, 0.1) is 32.3 Å². The number of esters is 4. The van der Waals surface area contributed by atoms with Crippen LogP contribution in [0.5, 0.6) is 0 Å². The largest absolute Gasteiger partial charge is 0.466 e. The van der Waals surface area contributed by atoms with E-state index >= 15 is 0 Å². The van der Waals surface area contributed by atoms with Crippen molar-refractivity contribution in [2.75, 3.05) is 85.1 Å². The van der Waals surface area contributed by atoms with Crippen LogP contribution in [-0.2, 0) is 38.1 Å². The number of piperazine rings is 1. The number of nitrogens with zero attached hydrogens (tertiary/aromatic N) is 4. The van der Waals surface area contributed by atoms with E-state index in [0.717, 1.165) is 149 Å². The Balaban J connectivity index is 3.16. The molecule has 12 nitrogen and oxygen atoms in total. The van der Waals surface area contributed by atoms with Crippen LogP contribution < -0.4 is 0 Å². The van der Waals surface area contributed by atoms with Gasteiger partial charge >= 0.3 is 23.9 Å². The molecule has 1 rings (SSSR count). The molecule has 1 saturated heterocycles. The molecule has 0 radical (unpaired) electrons. The maximum atomic E-state index is 13.5. The van der Waals surface area contributed by atoms with Gasteiger partial charge in [-0.25, -0.2) is 0 Å². The van der Waals surface area contributed by atoms with Crippen LogP contribution in [-0.4, -0.2) is 147 Å². The van der Waals surface area contributed by atoms with Crippen molar-refractivity contribution in [3.63, 3.8) is 0 Å². The average molecular weight is 965 g/mol. The van der Waals surface area contributed by atoms with Crippen LogP contribution in [0.15, 0.2) is 0 Å². The summed E-state index contributed by atoms with van der Waals surface area (Å²) in [6.07, 6.45) is 27.8. The minimum absolute atomic E-state index is 0.0247. The molecule has 0 aliphatic carbocycles. The topological polar surface area (TPSA) is 118 Å². The molecule has 0 bridgehead atoms. The van der Waals surface area contributed by atoms with Crippen LogP contribution in [0.1, 0.15) is 235 Å². The molecule has 68 heavy (non-hydrogen) atoms. The van der Waals surface area contributed by atoms with E-state index in [1.165, 1.54) is 57.8 Å². The molecule has 0 saturated carbocycles. The second-order valence-electron chi connectivity index (χ2n) is 19.9. The third-order valence-electron chi connectivity index (χ3n) is 13.6. The highest BCUT2D eigenvalue weighted by molar-refractivity contribution is 5.71. The third kappa shape index (κ3) is 35.8. The highest BCUT2D eigenvalue weighted by Gasteiger charge is 2.23. The number of carbonyl (C=O) groups excluding carboxylic acids is 4. The Morgan fingerprint density at radius 1 is 0.368 bits per heavy atom. The Morgan fingerprint density at radius 3 is 1.06 bits per heavy atom. The van der Waals surface area contributed by atoms with Crippen molar-refractivity contribution in [2.24, 2.45) is 0 Å². The molecule has 12 heteroatoms. The average Bonchev–Trinajstić information content (AvgIpc) is 3.34. The lowest BCUT2D eigenvalue weighted by molar-refractivity contribution is -0.152. The smallest absolute Gasteiger partial charge is 0.307 e. The molecule has 0 aromatic heterocycles. The van der Waals surface area contributed by atoms with Crippen LogP contribution in [0.2, 0.25) is 0 Å². The molecule has 0 spiro atoms. The lowest BCUT2D eigenvalue weighted by Crippen LogP contribution is -2.49. The van der Waals surface area contributed by atoms with Gasteiger partial charge in [0.2, 0.25) is 0 Å². The van der Waals surface area contributed by atoms with Crippen LogP contribution >= 0.6 is 0 Å². The first-order chi connectivity index (χ1) is 33.1. The summed E-state index contributed by atoms with van der Waals surface area (Å²) in [7, 11) is 0. The van der Waals surface area contributed by atoms with Gasteiger partial charge in [0.15, 0.2) is 0 Å². The van der Waals surface area contributed by atoms with E-state index in [-0.39, 0.29) is 55.0 Å². The number of carbonyl (C=O) groups is 4. The summed E-state index contributed by atoms with van der Waals surface area (Å²) in [6, 6.07) is 0. The quantitative estimate of drug-likeness (QED) is 0.0328. The summed E-state index contributed by atoms with van der Waals surface area (Å²) in [6.45, 7) is 24.6. The van der Waals surface area contributed by atoms with Crippen molar-refractivity contribution < 1.29 is 38.1 Å². The van der Waals surface area contributed by atoms with Gasteiger partial charge in [-0.1, -0.05) is 145 Å². The first-order valence-corrected chi connectivity index (χ1v) is 28.7. The zero-order valence-electron chi connectivity index (χ0n) is 45.5. The first-order valence-electron chi connectivity index (χ1n) is 28.7. The highest BCUT2D eigenvalue weighted by atomic mass is 16.6. The highest BCUT2D eigenvalue weighted by Crippen LogP contribution is 2.19. The van der Waals surface area contributed by atoms with Crippen molar-refractivity contribution in [1.82, 2.24) is 19.6 Å². The monoisotopic (exact) mass is 965 g/mol. The van der Waals surface area contributed by atoms with Gasteiger partial charge in [0.1, 0.15) is 18.3 Å². The predicted octanol–water partition coefficient (Wildman–Crippen LogP) is 11.9. The molecule has 0 aromatic rings. The fourth-order valence-corrected chi connectivity index (χ4v) is 8.97. The van der Waals surface area contributed by atoms with Crippen LogP contribution in [0.3, 0.4) is 0 Å².